The van der Waals surface area contributed by atoms with Crippen molar-refractivity contribution in [3.8, 4) is 5.75 Å². The summed E-state index contributed by atoms with van der Waals surface area (Å²) in [6.45, 7) is 0. The van der Waals surface area contributed by atoms with Crippen molar-refractivity contribution in [1.29, 1.82) is 0 Å². The first-order valence-corrected chi connectivity index (χ1v) is 3.78. The van der Waals surface area contributed by atoms with Gasteiger partial charge in [0.05, 0.1) is 11.8 Å². The molecule has 0 N–H and O–H groups in total. The maximum atomic E-state index is 12.7. The van der Waals surface area contributed by atoms with Crippen molar-refractivity contribution in [2.45, 2.75) is 6.36 Å². The van der Waals surface area contributed by atoms with E-state index in [0.29, 0.717) is 12.3 Å². The highest BCUT2D eigenvalue weighted by molar-refractivity contribution is 6.67. The molecule has 0 amide bonds. The number of halogens is 5. The summed E-state index contributed by atoms with van der Waals surface area (Å²) in [6, 6.07) is 0.519. The Balaban J connectivity index is 3.03. The molecule has 0 atom stereocenters. The molecule has 0 aliphatic rings. The van der Waals surface area contributed by atoms with Gasteiger partial charge in [-0.2, -0.15) is 4.39 Å². The topological polar surface area (TPSA) is 39.2 Å². The Labute approximate surface area is 85.6 Å². The largest absolute Gasteiger partial charge is 0.573 e. The van der Waals surface area contributed by atoms with Crippen molar-refractivity contribution >= 4 is 16.8 Å². The molecule has 0 saturated carbocycles. The third-order valence-corrected chi connectivity index (χ3v) is 1.46. The molecule has 1 rings (SSSR count). The molecule has 1 heterocycles. The second-order valence-corrected chi connectivity index (χ2v) is 2.67. The molecule has 0 radical (unpaired) electrons. The van der Waals surface area contributed by atoms with E-state index >= 15 is 0 Å². The molecule has 15 heavy (non-hydrogen) atoms. The molecule has 0 fully saturated rings. The molecule has 1 aromatic rings. The fraction of sp³-hybridized carbons (Fsp3) is 0.143. The Hall–Kier alpha value is -1.37. The number of rotatable bonds is 2. The van der Waals surface area contributed by atoms with E-state index in [2.05, 4.69) is 9.72 Å². The lowest BCUT2D eigenvalue weighted by molar-refractivity contribution is -0.274. The van der Waals surface area contributed by atoms with Crippen LogP contribution in [0.5, 0.6) is 5.75 Å². The summed E-state index contributed by atoms with van der Waals surface area (Å²) in [5.74, 6) is -2.07. The number of hydrogen-bond acceptors (Lipinski definition) is 3. The molecule has 8 heteroatoms. The van der Waals surface area contributed by atoms with Crippen molar-refractivity contribution in [3.63, 3.8) is 0 Å². The van der Waals surface area contributed by atoms with Crippen molar-refractivity contribution in [1.82, 2.24) is 4.98 Å². The van der Waals surface area contributed by atoms with Crippen LogP contribution in [0.2, 0.25) is 0 Å². The predicted octanol–water partition coefficient (Wildman–Crippen LogP) is 2.50. The average molecular weight is 244 g/mol. The van der Waals surface area contributed by atoms with E-state index in [1.54, 1.807) is 0 Å². The van der Waals surface area contributed by atoms with Crippen LogP contribution in [0.4, 0.5) is 17.6 Å². The third kappa shape index (κ3) is 3.35. The lowest BCUT2D eigenvalue weighted by Gasteiger charge is -2.08. The van der Waals surface area contributed by atoms with Crippen LogP contribution in [0.3, 0.4) is 0 Å². The lowest BCUT2D eigenvalue weighted by atomic mass is 10.3. The summed E-state index contributed by atoms with van der Waals surface area (Å²) in [5, 5.41) is -1.26. The van der Waals surface area contributed by atoms with E-state index in [1.807, 2.05) is 0 Å². The minimum Gasteiger partial charge on any atom is -0.404 e. The number of nitrogens with zero attached hydrogens (tertiary/aromatic N) is 1. The van der Waals surface area contributed by atoms with Crippen LogP contribution in [0.1, 0.15) is 10.4 Å². The lowest BCUT2D eigenvalue weighted by Crippen LogP contribution is -2.17. The van der Waals surface area contributed by atoms with Gasteiger partial charge in [-0.25, -0.2) is 4.98 Å². The molecule has 0 bridgehead atoms. The van der Waals surface area contributed by atoms with Crippen LogP contribution >= 0.6 is 11.6 Å². The number of pyridine rings is 1. The zero-order valence-corrected chi connectivity index (χ0v) is 7.56. The van der Waals surface area contributed by atoms with E-state index in [-0.39, 0.29) is 0 Å². The summed E-state index contributed by atoms with van der Waals surface area (Å²) >= 11 is 4.90. The quantitative estimate of drug-likeness (QED) is 0.455. The van der Waals surface area contributed by atoms with Gasteiger partial charge in [-0.15, -0.1) is 13.2 Å². The molecule has 82 valence electrons. The van der Waals surface area contributed by atoms with Crippen LogP contribution in [0.15, 0.2) is 12.3 Å². The van der Waals surface area contributed by atoms with Gasteiger partial charge < -0.3 is 4.74 Å². The third-order valence-electron chi connectivity index (χ3n) is 1.26. The van der Waals surface area contributed by atoms with Crippen molar-refractivity contribution < 1.29 is 27.1 Å². The number of aromatic nitrogens is 1. The van der Waals surface area contributed by atoms with E-state index in [1.165, 1.54) is 0 Å². The molecular formula is C7H2ClF4NO2. The Morgan fingerprint density at radius 1 is 1.47 bits per heavy atom. The van der Waals surface area contributed by atoms with E-state index in [9.17, 15) is 22.4 Å². The molecule has 3 nitrogen and oxygen atoms in total. The minimum atomic E-state index is -4.94. The Morgan fingerprint density at radius 2 is 2.07 bits per heavy atom. The highest BCUT2D eigenvalue weighted by Crippen LogP contribution is 2.23. The Morgan fingerprint density at radius 3 is 2.53 bits per heavy atom. The average Bonchev–Trinajstić information content (AvgIpc) is 2.05. The summed E-state index contributed by atoms with van der Waals surface area (Å²) < 4.78 is 51.2. The molecule has 0 unspecified atom stereocenters. The molecule has 1 aromatic heterocycles. The van der Waals surface area contributed by atoms with Crippen molar-refractivity contribution in [2.75, 3.05) is 0 Å². The number of carbonyl (C=O) groups excluding carboxylic acids is 1. The molecule has 0 aliphatic heterocycles. The molecule has 0 aromatic carbocycles. The molecular weight excluding hydrogens is 242 g/mol. The first-order valence-electron chi connectivity index (χ1n) is 3.41. The van der Waals surface area contributed by atoms with Crippen molar-refractivity contribution in [3.05, 3.63) is 23.8 Å². The fourth-order valence-electron chi connectivity index (χ4n) is 0.756. The van der Waals surface area contributed by atoms with Gasteiger partial charge >= 0.3 is 6.36 Å². The van der Waals surface area contributed by atoms with Crippen LogP contribution in [-0.2, 0) is 0 Å². The fourth-order valence-corrected chi connectivity index (χ4v) is 0.889. The minimum absolute atomic E-state index is 0.492. The maximum Gasteiger partial charge on any atom is 0.573 e. The SMILES string of the molecule is O=C(Cl)c1cc(OC(F)(F)F)cnc1F. The predicted molar refractivity (Wildman–Crippen MR) is 41.1 cm³/mol. The van der Waals surface area contributed by atoms with E-state index < -0.39 is 28.9 Å². The number of carbonyl (C=O) groups is 1. The zero-order valence-electron chi connectivity index (χ0n) is 6.81. The molecule has 0 saturated heterocycles. The highest BCUT2D eigenvalue weighted by Gasteiger charge is 2.31. The molecule has 0 aliphatic carbocycles. The second kappa shape index (κ2) is 4.01. The smallest absolute Gasteiger partial charge is 0.404 e. The summed E-state index contributed by atoms with van der Waals surface area (Å²) in [5.41, 5.74) is -0.779. The van der Waals surface area contributed by atoms with Gasteiger partial charge in [-0.1, -0.05) is 0 Å². The van der Waals surface area contributed by atoms with Crippen LogP contribution < -0.4 is 4.74 Å². The first-order chi connectivity index (χ1) is 6.79. The summed E-state index contributed by atoms with van der Waals surface area (Å²) in [6.07, 6.45) is -4.45. The van der Waals surface area contributed by atoms with Gasteiger partial charge in [0.25, 0.3) is 5.24 Å². The summed E-state index contributed by atoms with van der Waals surface area (Å²) in [4.78, 5) is 13.4. The van der Waals surface area contributed by atoms with Gasteiger partial charge in [0.1, 0.15) is 5.75 Å². The van der Waals surface area contributed by atoms with E-state index in [4.69, 9.17) is 11.6 Å². The van der Waals surface area contributed by atoms with Crippen LogP contribution in [0, 0.1) is 5.95 Å². The maximum absolute atomic E-state index is 12.7. The van der Waals surface area contributed by atoms with E-state index in [0.717, 1.165) is 0 Å². The monoisotopic (exact) mass is 243 g/mol. The Kier molecular flexibility index (Phi) is 3.13. The van der Waals surface area contributed by atoms with Gasteiger partial charge in [0, 0.05) is 0 Å². The summed E-state index contributed by atoms with van der Waals surface area (Å²) in [7, 11) is 0. The number of hydrogen-bond donors (Lipinski definition) is 0. The zero-order chi connectivity index (χ0) is 11.6. The standard InChI is InChI=1S/C7H2ClF4NO2/c8-5(14)4-1-3(2-13-6(4)9)15-7(10,11)12/h1-2H. The van der Waals surface area contributed by atoms with Crippen LogP contribution in [-0.4, -0.2) is 16.6 Å². The second-order valence-electron chi connectivity index (χ2n) is 2.33. The highest BCUT2D eigenvalue weighted by atomic mass is 35.5. The van der Waals surface area contributed by atoms with Gasteiger partial charge in [0.15, 0.2) is 0 Å². The number of alkyl halides is 3. The van der Waals surface area contributed by atoms with Gasteiger partial charge in [0.2, 0.25) is 5.95 Å². The normalized spacial score (nSPS) is 11.3. The van der Waals surface area contributed by atoms with Crippen molar-refractivity contribution in [2.24, 2.45) is 0 Å². The van der Waals surface area contributed by atoms with Gasteiger partial charge in [-0.05, 0) is 17.7 Å². The molecule has 0 spiro atoms. The Bertz CT molecular complexity index is 393. The number of ether oxygens (including phenoxy) is 1. The van der Waals surface area contributed by atoms with Crippen LogP contribution in [0.25, 0.3) is 0 Å². The first kappa shape index (κ1) is 11.7. The van der Waals surface area contributed by atoms with Gasteiger partial charge in [-0.3, -0.25) is 4.79 Å².